The molecule has 0 radical (unpaired) electrons. The number of likely N-dealkylation sites (N-methyl/N-ethyl adjacent to an activating group) is 1. The van der Waals surface area contributed by atoms with Crippen LogP contribution in [0.25, 0.3) is 0 Å². The summed E-state index contributed by atoms with van der Waals surface area (Å²) in [5.74, 6) is 0.653. The Morgan fingerprint density at radius 3 is 2.45 bits per heavy atom. The van der Waals surface area contributed by atoms with Gasteiger partial charge in [-0.05, 0) is 30.8 Å². The normalized spacial score (nSPS) is 16.1. The Bertz CT molecular complexity index is 526. The van der Waals surface area contributed by atoms with Crippen LogP contribution in [-0.4, -0.2) is 52.1 Å². The molecule has 112 valence electrons. The van der Waals surface area contributed by atoms with Crippen molar-refractivity contribution in [3.63, 3.8) is 0 Å². The molecule has 1 aliphatic rings. The number of nitrogens with two attached hydrogens (primary N) is 1. The average Bonchev–Trinajstić information content (AvgIpc) is 2.35. The van der Waals surface area contributed by atoms with Crippen LogP contribution >= 0.6 is 0 Å². The highest BCUT2D eigenvalue weighted by Crippen LogP contribution is 2.15. The number of sulfonamides is 1. The summed E-state index contributed by atoms with van der Waals surface area (Å²) in [6.07, 6.45) is 0. The number of ether oxygens (including phenoxy) is 1. The lowest BCUT2D eigenvalue weighted by Crippen LogP contribution is -2.57. The molecule has 0 amide bonds. The smallest absolute Gasteiger partial charge is 0.238 e. The summed E-state index contributed by atoms with van der Waals surface area (Å²) >= 11 is 0. The zero-order valence-electron chi connectivity index (χ0n) is 11.6. The Morgan fingerprint density at radius 1 is 1.35 bits per heavy atom. The third-order valence-electron chi connectivity index (χ3n) is 3.48. The van der Waals surface area contributed by atoms with E-state index in [0.717, 1.165) is 26.2 Å². The van der Waals surface area contributed by atoms with Gasteiger partial charge in [0.15, 0.2) is 0 Å². The maximum absolute atomic E-state index is 11.1. The molecule has 1 fully saturated rings. The van der Waals surface area contributed by atoms with Crippen LogP contribution in [-0.2, 0) is 10.0 Å². The minimum Gasteiger partial charge on any atom is -0.492 e. The third kappa shape index (κ3) is 3.92. The second-order valence-electron chi connectivity index (χ2n) is 4.81. The van der Waals surface area contributed by atoms with E-state index in [-0.39, 0.29) is 4.90 Å². The van der Waals surface area contributed by atoms with Gasteiger partial charge in [0.05, 0.1) is 4.90 Å². The van der Waals surface area contributed by atoms with E-state index < -0.39 is 10.0 Å². The van der Waals surface area contributed by atoms with E-state index in [0.29, 0.717) is 18.4 Å². The summed E-state index contributed by atoms with van der Waals surface area (Å²) in [6, 6.07) is 6.77. The van der Waals surface area contributed by atoms with Gasteiger partial charge in [-0.25, -0.2) is 13.6 Å². The number of hydrogen-bond acceptors (Lipinski definition) is 5. The molecule has 0 aromatic heterocycles. The van der Waals surface area contributed by atoms with Crippen LogP contribution in [0.4, 0.5) is 0 Å². The molecule has 0 unspecified atom stereocenters. The first-order valence-corrected chi connectivity index (χ1v) is 8.26. The Morgan fingerprint density at radius 2 is 2.00 bits per heavy atom. The van der Waals surface area contributed by atoms with Gasteiger partial charge in [-0.2, -0.15) is 0 Å². The highest BCUT2D eigenvalue weighted by atomic mass is 32.2. The summed E-state index contributed by atoms with van der Waals surface area (Å²) in [5.41, 5.74) is 0. The Labute approximate surface area is 120 Å². The fourth-order valence-corrected chi connectivity index (χ4v) is 2.65. The predicted octanol–water partition coefficient (Wildman–Crippen LogP) is 0.00650. The molecule has 0 saturated carbocycles. The molecule has 6 nitrogen and oxygen atoms in total. The highest BCUT2D eigenvalue weighted by Gasteiger charge is 2.22. The van der Waals surface area contributed by atoms with E-state index in [1.807, 2.05) is 0 Å². The predicted molar refractivity (Wildman–Crippen MR) is 77.2 cm³/mol. The molecule has 0 aliphatic carbocycles. The molecule has 1 aliphatic heterocycles. The van der Waals surface area contributed by atoms with Crippen molar-refractivity contribution in [3.05, 3.63) is 24.3 Å². The van der Waals surface area contributed by atoms with Crippen LogP contribution < -0.4 is 15.2 Å². The molecule has 7 heteroatoms. The number of primary sulfonamides is 1. The molecule has 1 heterocycles. The molecule has 1 aromatic rings. The van der Waals surface area contributed by atoms with Gasteiger partial charge >= 0.3 is 0 Å². The summed E-state index contributed by atoms with van der Waals surface area (Å²) in [7, 11) is -3.64. The first-order chi connectivity index (χ1) is 9.50. The number of nitrogens with zero attached hydrogens (tertiary/aromatic N) is 1. The van der Waals surface area contributed by atoms with Crippen LogP contribution in [0.15, 0.2) is 29.2 Å². The zero-order chi connectivity index (χ0) is 14.6. The third-order valence-corrected chi connectivity index (χ3v) is 4.41. The standard InChI is InChI=1S/C13H21N3O3S/c1-2-16(11-9-15-10-11)7-8-19-12-3-5-13(6-4-12)20(14,17)18/h3-6,11,15H,2,7-10H2,1H3,(H2,14,17,18). The SMILES string of the molecule is CCN(CCOc1ccc(S(N)(=O)=O)cc1)C1CNC1. The van der Waals surface area contributed by atoms with Crippen molar-refractivity contribution in [2.24, 2.45) is 5.14 Å². The molecule has 1 saturated heterocycles. The fraction of sp³-hybridized carbons (Fsp3) is 0.538. The van der Waals surface area contributed by atoms with E-state index in [4.69, 9.17) is 9.88 Å². The van der Waals surface area contributed by atoms with Gasteiger partial charge in [0.1, 0.15) is 12.4 Å². The van der Waals surface area contributed by atoms with Gasteiger partial charge in [-0.1, -0.05) is 6.92 Å². The molecular formula is C13H21N3O3S. The molecule has 3 N–H and O–H groups in total. The number of hydrogen-bond donors (Lipinski definition) is 2. The van der Waals surface area contributed by atoms with Crippen molar-refractivity contribution < 1.29 is 13.2 Å². The first-order valence-electron chi connectivity index (χ1n) is 6.71. The minimum atomic E-state index is -3.64. The van der Waals surface area contributed by atoms with E-state index in [2.05, 4.69) is 17.1 Å². The molecular weight excluding hydrogens is 278 g/mol. The van der Waals surface area contributed by atoms with Gasteiger partial charge in [0, 0.05) is 25.7 Å². The monoisotopic (exact) mass is 299 g/mol. The highest BCUT2D eigenvalue weighted by molar-refractivity contribution is 7.89. The molecule has 0 spiro atoms. The van der Waals surface area contributed by atoms with E-state index in [9.17, 15) is 8.42 Å². The van der Waals surface area contributed by atoms with Gasteiger partial charge < -0.3 is 10.1 Å². The summed E-state index contributed by atoms with van der Waals surface area (Å²) in [5, 5.41) is 8.29. The Kier molecular flexibility index (Phi) is 4.98. The lowest BCUT2D eigenvalue weighted by atomic mass is 10.1. The van der Waals surface area contributed by atoms with E-state index in [1.165, 1.54) is 12.1 Å². The maximum Gasteiger partial charge on any atom is 0.238 e. The molecule has 1 aromatic carbocycles. The van der Waals surface area contributed by atoms with Crippen molar-refractivity contribution in [1.29, 1.82) is 0 Å². The van der Waals surface area contributed by atoms with Crippen LogP contribution in [0.3, 0.4) is 0 Å². The van der Waals surface area contributed by atoms with Gasteiger partial charge in [-0.15, -0.1) is 0 Å². The van der Waals surface area contributed by atoms with Gasteiger partial charge in [0.25, 0.3) is 0 Å². The summed E-state index contributed by atoms with van der Waals surface area (Å²) in [6.45, 7) is 6.66. The van der Waals surface area contributed by atoms with Crippen LogP contribution in [0.5, 0.6) is 5.75 Å². The molecule has 0 bridgehead atoms. The maximum atomic E-state index is 11.1. The van der Waals surface area contributed by atoms with Crippen LogP contribution in [0.1, 0.15) is 6.92 Å². The van der Waals surface area contributed by atoms with Crippen LogP contribution in [0, 0.1) is 0 Å². The Hall–Kier alpha value is -1.15. The van der Waals surface area contributed by atoms with Gasteiger partial charge in [0.2, 0.25) is 10.0 Å². The number of rotatable bonds is 7. The second-order valence-corrected chi connectivity index (χ2v) is 6.37. The molecule has 0 atom stereocenters. The lowest BCUT2D eigenvalue weighted by Gasteiger charge is -2.37. The topological polar surface area (TPSA) is 84.7 Å². The van der Waals surface area contributed by atoms with Gasteiger partial charge in [-0.3, -0.25) is 4.90 Å². The second kappa shape index (κ2) is 6.53. The van der Waals surface area contributed by atoms with E-state index >= 15 is 0 Å². The number of nitrogens with one attached hydrogen (secondary N) is 1. The van der Waals surface area contributed by atoms with Crippen molar-refractivity contribution in [2.45, 2.75) is 17.9 Å². The van der Waals surface area contributed by atoms with Crippen molar-refractivity contribution in [1.82, 2.24) is 10.2 Å². The van der Waals surface area contributed by atoms with Crippen molar-refractivity contribution >= 4 is 10.0 Å². The molecule has 2 rings (SSSR count). The quantitative estimate of drug-likeness (QED) is 0.741. The average molecular weight is 299 g/mol. The molecule has 20 heavy (non-hydrogen) atoms. The van der Waals surface area contributed by atoms with Crippen molar-refractivity contribution in [3.8, 4) is 5.75 Å². The summed E-state index contributed by atoms with van der Waals surface area (Å²) < 4.78 is 27.9. The zero-order valence-corrected chi connectivity index (χ0v) is 12.4. The fourth-order valence-electron chi connectivity index (χ4n) is 2.14. The Balaban J connectivity index is 1.81. The number of benzene rings is 1. The largest absolute Gasteiger partial charge is 0.492 e. The summed E-state index contributed by atoms with van der Waals surface area (Å²) in [4.78, 5) is 2.47. The first kappa shape index (κ1) is 15.2. The minimum absolute atomic E-state index is 0.0978. The van der Waals surface area contributed by atoms with E-state index in [1.54, 1.807) is 12.1 Å². The lowest BCUT2D eigenvalue weighted by molar-refractivity contribution is 0.128. The van der Waals surface area contributed by atoms with Crippen LogP contribution in [0.2, 0.25) is 0 Å². The van der Waals surface area contributed by atoms with Crippen molar-refractivity contribution in [2.75, 3.05) is 32.8 Å².